The third-order valence-corrected chi connectivity index (χ3v) is 3.95. The average Bonchev–Trinajstić information content (AvgIpc) is 2.45. The van der Waals surface area contributed by atoms with Gasteiger partial charge in [0.05, 0.1) is 5.56 Å². The monoisotopic (exact) mass is 339 g/mol. The summed E-state index contributed by atoms with van der Waals surface area (Å²) >= 11 is 3.30. The summed E-state index contributed by atoms with van der Waals surface area (Å²) in [6.07, 6.45) is 2.18. The van der Waals surface area contributed by atoms with Crippen LogP contribution in [0.25, 0.3) is 0 Å². The first kappa shape index (κ1) is 15.0. The molecule has 1 amide bonds. The summed E-state index contributed by atoms with van der Waals surface area (Å²) in [4.78, 5) is 25.6. The van der Waals surface area contributed by atoms with Gasteiger partial charge in [-0.25, -0.2) is 4.79 Å². The maximum atomic E-state index is 12.0. The predicted molar refractivity (Wildman–Crippen MR) is 79.4 cm³/mol. The Hall–Kier alpha value is -1.36. The van der Waals surface area contributed by atoms with Crippen LogP contribution in [-0.2, 0) is 9.53 Å². The van der Waals surface area contributed by atoms with E-state index in [1.54, 1.807) is 29.2 Å². The number of piperidine rings is 1. The van der Waals surface area contributed by atoms with Gasteiger partial charge < -0.3 is 9.64 Å². The van der Waals surface area contributed by atoms with Gasteiger partial charge in [-0.3, -0.25) is 4.79 Å². The van der Waals surface area contributed by atoms with Crippen molar-refractivity contribution in [2.24, 2.45) is 5.92 Å². The molecule has 0 bridgehead atoms. The number of hydrogen-bond acceptors (Lipinski definition) is 3. The second kappa shape index (κ2) is 6.88. The molecule has 1 saturated heterocycles. The lowest BCUT2D eigenvalue weighted by atomic mass is 10.0. The fourth-order valence-corrected chi connectivity index (χ4v) is 2.57. The first-order valence-corrected chi connectivity index (χ1v) is 7.56. The zero-order valence-corrected chi connectivity index (χ0v) is 13.1. The number of carbonyl (C=O) groups excluding carboxylic acids is 2. The normalized spacial score (nSPS) is 18.7. The molecule has 0 unspecified atom stereocenters. The van der Waals surface area contributed by atoms with Crippen LogP contribution in [0.15, 0.2) is 28.7 Å². The highest BCUT2D eigenvalue weighted by Crippen LogP contribution is 2.16. The zero-order chi connectivity index (χ0) is 14.5. The summed E-state index contributed by atoms with van der Waals surface area (Å²) in [6, 6.07) is 6.87. The molecule has 1 atom stereocenters. The molecule has 0 saturated carbocycles. The van der Waals surface area contributed by atoms with Crippen LogP contribution < -0.4 is 0 Å². The Morgan fingerprint density at radius 2 is 2.05 bits per heavy atom. The van der Waals surface area contributed by atoms with E-state index in [0.717, 1.165) is 30.4 Å². The highest BCUT2D eigenvalue weighted by molar-refractivity contribution is 9.10. The van der Waals surface area contributed by atoms with E-state index in [1.165, 1.54) is 0 Å². The smallest absolute Gasteiger partial charge is 0.338 e. The molecule has 0 aromatic heterocycles. The summed E-state index contributed by atoms with van der Waals surface area (Å²) in [5.74, 6) is -0.0483. The number of hydrogen-bond donors (Lipinski definition) is 0. The van der Waals surface area contributed by atoms with Crippen molar-refractivity contribution in [2.75, 3.05) is 19.7 Å². The van der Waals surface area contributed by atoms with Gasteiger partial charge in [0, 0.05) is 17.6 Å². The SMILES string of the molecule is C[C@@H]1CCCN(C(=O)COC(=O)c2ccc(Br)cc2)C1. The van der Waals surface area contributed by atoms with Crippen molar-refractivity contribution in [1.29, 1.82) is 0 Å². The van der Waals surface area contributed by atoms with E-state index in [0.29, 0.717) is 11.5 Å². The Morgan fingerprint density at radius 1 is 1.35 bits per heavy atom. The third-order valence-electron chi connectivity index (χ3n) is 3.42. The lowest BCUT2D eigenvalue weighted by Crippen LogP contribution is -2.41. The number of rotatable bonds is 3. The Bertz CT molecular complexity index is 486. The van der Waals surface area contributed by atoms with Crippen molar-refractivity contribution in [3.05, 3.63) is 34.3 Å². The van der Waals surface area contributed by atoms with E-state index in [2.05, 4.69) is 22.9 Å². The van der Waals surface area contributed by atoms with Gasteiger partial charge in [0.2, 0.25) is 0 Å². The first-order valence-electron chi connectivity index (χ1n) is 6.76. The quantitative estimate of drug-likeness (QED) is 0.795. The standard InChI is InChI=1S/C15H18BrNO3/c1-11-3-2-8-17(9-11)14(18)10-20-15(19)12-4-6-13(16)7-5-12/h4-7,11H,2-3,8-10H2,1H3/t11-/m1/s1. The van der Waals surface area contributed by atoms with Gasteiger partial charge in [-0.15, -0.1) is 0 Å². The van der Waals surface area contributed by atoms with Gasteiger partial charge in [0.15, 0.2) is 6.61 Å². The molecule has 1 aliphatic heterocycles. The number of nitrogens with zero attached hydrogens (tertiary/aromatic N) is 1. The molecule has 0 spiro atoms. The van der Waals surface area contributed by atoms with Crippen molar-refractivity contribution < 1.29 is 14.3 Å². The molecule has 4 nitrogen and oxygen atoms in total. The van der Waals surface area contributed by atoms with Crippen LogP contribution in [0.4, 0.5) is 0 Å². The number of benzene rings is 1. The molecular formula is C15H18BrNO3. The average molecular weight is 340 g/mol. The summed E-state index contributed by atoms with van der Waals surface area (Å²) in [5.41, 5.74) is 0.452. The van der Waals surface area contributed by atoms with E-state index in [1.807, 2.05) is 0 Å². The Morgan fingerprint density at radius 3 is 2.70 bits per heavy atom. The minimum atomic E-state index is -0.462. The Balaban J connectivity index is 1.83. The molecule has 20 heavy (non-hydrogen) atoms. The van der Waals surface area contributed by atoms with Crippen molar-refractivity contribution in [3.63, 3.8) is 0 Å². The number of likely N-dealkylation sites (tertiary alicyclic amines) is 1. The maximum Gasteiger partial charge on any atom is 0.338 e. The summed E-state index contributed by atoms with van der Waals surface area (Å²) in [5, 5.41) is 0. The van der Waals surface area contributed by atoms with Crippen LogP contribution >= 0.6 is 15.9 Å². The third kappa shape index (κ3) is 4.07. The van der Waals surface area contributed by atoms with Gasteiger partial charge in [-0.2, -0.15) is 0 Å². The Labute approximate surface area is 127 Å². The fraction of sp³-hybridized carbons (Fsp3) is 0.467. The molecule has 0 N–H and O–H groups in total. The molecule has 1 heterocycles. The molecule has 0 radical (unpaired) electrons. The lowest BCUT2D eigenvalue weighted by molar-refractivity contribution is -0.136. The van der Waals surface area contributed by atoms with Crippen molar-refractivity contribution in [1.82, 2.24) is 4.90 Å². The number of esters is 1. The van der Waals surface area contributed by atoms with Crippen molar-refractivity contribution in [2.45, 2.75) is 19.8 Å². The molecule has 5 heteroatoms. The fourth-order valence-electron chi connectivity index (χ4n) is 2.30. The van der Waals surface area contributed by atoms with E-state index in [-0.39, 0.29) is 12.5 Å². The van der Waals surface area contributed by atoms with Crippen LogP contribution in [0.3, 0.4) is 0 Å². The first-order chi connectivity index (χ1) is 9.56. The zero-order valence-electron chi connectivity index (χ0n) is 11.5. The van der Waals surface area contributed by atoms with Crippen LogP contribution in [0.2, 0.25) is 0 Å². The molecule has 2 rings (SSSR count). The van der Waals surface area contributed by atoms with Gasteiger partial charge >= 0.3 is 5.97 Å². The van der Waals surface area contributed by atoms with Crippen LogP contribution in [0.5, 0.6) is 0 Å². The van der Waals surface area contributed by atoms with Gasteiger partial charge in [-0.05, 0) is 43.0 Å². The molecule has 1 aromatic rings. The van der Waals surface area contributed by atoms with Crippen molar-refractivity contribution >= 4 is 27.8 Å². The molecule has 0 aliphatic carbocycles. The summed E-state index contributed by atoms with van der Waals surface area (Å²) in [7, 11) is 0. The second-order valence-electron chi connectivity index (χ2n) is 5.17. The highest BCUT2D eigenvalue weighted by atomic mass is 79.9. The van der Waals surface area contributed by atoms with E-state index < -0.39 is 5.97 Å². The second-order valence-corrected chi connectivity index (χ2v) is 6.09. The lowest BCUT2D eigenvalue weighted by Gasteiger charge is -2.30. The summed E-state index contributed by atoms with van der Waals surface area (Å²) < 4.78 is 5.97. The molecule has 1 fully saturated rings. The van der Waals surface area contributed by atoms with E-state index in [4.69, 9.17) is 4.74 Å². The predicted octanol–water partition coefficient (Wildman–Crippen LogP) is 2.86. The molecule has 1 aliphatic rings. The number of amides is 1. The minimum Gasteiger partial charge on any atom is -0.452 e. The van der Waals surface area contributed by atoms with Crippen LogP contribution in [0, 0.1) is 5.92 Å². The van der Waals surface area contributed by atoms with Gasteiger partial charge in [0.25, 0.3) is 5.91 Å². The number of carbonyl (C=O) groups is 2. The summed E-state index contributed by atoms with van der Waals surface area (Å²) in [6.45, 7) is 3.47. The molecule has 1 aromatic carbocycles. The molecular weight excluding hydrogens is 322 g/mol. The van der Waals surface area contributed by atoms with Crippen LogP contribution in [0.1, 0.15) is 30.1 Å². The van der Waals surface area contributed by atoms with Gasteiger partial charge in [0.1, 0.15) is 0 Å². The largest absolute Gasteiger partial charge is 0.452 e. The van der Waals surface area contributed by atoms with Crippen LogP contribution in [-0.4, -0.2) is 36.5 Å². The number of halogens is 1. The number of ether oxygens (including phenoxy) is 1. The van der Waals surface area contributed by atoms with Gasteiger partial charge in [-0.1, -0.05) is 22.9 Å². The minimum absolute atomic E-state index is 0.109. The highest BCUT2D eigenvalue weighted by Gasteiger charge is 2.21. The van der Waals surface area contributed by atoms with E-state index in [9.17, 15) is 9.59 Å². The maximum absolute atomic E-state index is 12.0. The van der Waals surface area contributed by atoms with Crippen molar-refractivity contribution in [3.8, 4) is 0 Å². The van der Waals surface area contributed by atoms with E-state index >= 15 is 0 Å². The Kier molecular flexibility index (Phi) is 5.17. The molecule has 108 valence electrons. The topological polar surface area (TPSA) is 46.6 Å².